The van der Waals surface area contributed by atoms with Crippen molar-refractivity contribution >= 4 is 21.8 Å². The third-order valence-electron chi connectivity index (χ3n) is 1.77. The minimum atomic E-state index is -0.100. The molecule has 14 heavy (non-hydrogen) atoms. The SMILES string of the molecule is CON(C)C(=O)Cc1ccc(Br)nc1. The maximum absolute atomic E-state index is 11.4. The smallest absolute Gasteiger partial charge is 0.250 e. The van der Waals surface area contributed by atoms with Gasteiger partial charge in [0.1, 0.15) is 4.60 Å². The largest absolute Gasteiger partial charge is 0.275 e. The predicted molar refractivity (Wildman–Crippen MR) is 55.4 cm³/mol. The molecule has 0 N–H and O–H groups in total. The van der Waals surface area contributed by atoms with Crippen LogP contribution in [0.4, 0.5) is 0 Å². The van der Waals surface area contributed by atoms with Crippen molar-refractivity contribution in [3.8, 4) is 0 Å². The van der Waals surface area contributed by atoms with E-state index in [0.29, 0.717) is 6.42 Å². The van der Waals surface area contributed by atoms with Crippen molar-refractivity contribution in [2.24, 2.45) is 0 Å². The highest BCUT2D eigenvalue weighted by Crippen LogP contribution is 2.07. The Kier molecular flexibility index (Phi) is 4.03. The fourth-order valence-corrected chi connectivity index (χ4v) is 1.13. The molecular formula is C9H11BrN2O2. The van der Waals surface area contributed by atoms with Gasteiger partial charge in [-0.3, -0.25) is 9.63 Å². The van der Waals surface area contributed by atoms with Crippen LogP contribution in [0.3, 0.4) is 0 Å². The summed E-state index contributed by atoms with van der Waals surface area (Å²) in [5, 5.41) is 1.20. The molecule has 1 amide bonds. The highest BCUT2D eigenvalue weighted by Gasteiger charge is 2.08. The maximum Gasteiger partial charge on any atom is 0.250 e. The fraction of sp³-hybridized carbons (Fsp3) is 0.333. The number of carbonyl (C=O) groups is 1. The molecule has 1 heterocycles. The fourth-order valence-electron chi connectivity index (χ4n) is 0.899. The molecule has 1 aromatic rings. The Morgan fingerprint density at radius 2 is 2.36 bits per heavy atom. The topological polar surface area (TPSA) is 42.4 Å². The van der Waals surface area contributed by atoms with Crippen molar-refractivity contribution in [2.75, 3.05) is 14.2 Å². The van der Waals surface area contributed by atoms with Crippen molar-refractivity contribution in [3.63, 3.8) is 0 Å². The zero-order valence-electron chi connectivity index (χ0n) is 8.03. The van der Waals surface area contributed by atoms with Gasteiger partial charge in [0, 0.05) is 13.2 Å². The van der Waals surface area contributed by atoms with E-state index in [1.165, 1.54) is 12.2 Å². The lowest BCUT2D eigenvalue weighted by Gasteiger charge is -2.12. The molecular weight excluding hydrogens is 248 g/mol. The van der Waals surface area contributed by atoms with Crippen LogP contribution in [-0.2, 0) is 16.1 Å². The minimum absolute atomic E-state index is 0.100. The second-order valence-electron chi connectivity index (χ2n) is 2.74. The molecule has 0 saturated carbocycles. The van der Waals surface area contributed by atoms with Crippen LogP contribution in [0.2, 0.25) is 0 Å². The molecule has 4 nitrogen and oxygen atoms in total. The molecule has 5 heteroatoms. The normalized spacial score (nSPS) is 9.93. The van der Waals surface area contributed by atoms with E-state index in [1.807, 2.05) is 6.07 Å². The lowest BCUT2D eigenvalue weighted by Crippen LogP contribution is -2.26. The average Bonchev–Trinajstić information content (AvgIpc) is 2.20. The minimum Gasteiger partial charge on any atom is -0.275 e. The summed E-state index contributed by atoms with van der Waals surface area (Å²) >= 11 is 3.22. The Bertz CT molecular complexity index is 313. The number of amides is 1. The first kappa shape index (κ1) is 11.1. The second kappa shape index (κ2) is 5.07. The number of halogens is 1. The van der Waals surface area contributed by atoms with E-state index < -0.39 is 0 Å². The number of hydroxylamine groups is 2. The van der Waals surface area contributed by atoms with Gasteiger partial charge < -0.3 is 0 Å². The number of likely N-dealkylation sites (N-methyl/N-ethyl adjacent to an activating group) is 1. The van der Waals surface area contributed by atoms with Crippen molar-refractivity contribution in [3.05, 3.63) is 28.5 Å². The van der Waals surface area contributed by atoms with Gasteiger partial charge in [-0.1, -0.05) is 6.07 Å². The Balaban J connectivity index is 2.60. The second-order valence-corrected chi connectivity index (χ2v) is 3.55. The highest BCUT2D eigenvalue weighted by molar-refractivity contribution is 9.10. The van der Waals surface area contributed by atoms with Gasteiger partial charge in [0.15, 0.2) is 0 Å². The molecule has 76 valence electrons. The predicted octanol–water partition coefficient (Wildman–Crippen LogP) is 1.41. The first-order valence-corrected chi connectivity index (χ1v) is 4.84. The van der Waals surface area contributed by atoms with Crippen LogP contribution in [0.25, 0.3) is 0 Å². The Morgan fingerprint density at radius 3 is 2.86 bits per heavy atom. The Morgan fingerprint density at radius 1 is 1.64 bits per heavy atom. The van der Waals surface area contributed by atoms with Gasteiger partial charge in [0.2, 0.25) is 5.91 Å². The van der Waals surface area contributed by atoms with E-state index in [9.17, 15) is 4.79 Å². The number of aromatic nitrogens is 1. The van der Waals surface area contributed by atoms with Crippen molar-refractivity contribution in [1.82, 2.24) is 10.0 Å². The van der Waals surface area contributed by atoms with Crippen LogP contribution >= 0.6 is 15.9 Å². The molecule has 0 aliphatic heterocycles. The zero-order valence-corrected chi connectivity index (χ0v) is 9.61. The maximum atomic E-state index is 11.4. The van der Waals surface area contributed by atoms with Crippen LogP contribution in [0.1, 0.15) is 5.56 Å². The number of nitrogens with zero attached hydrogens (tertiary/aromatic N) is 2. The van der Waals surface area contributed by atoms with Crippen LogP contribution in [0, 0.1) is 0 Å². The third kappa shape index (κ3) is 3.08. The summed E-state index contributed by atoms with van der Waals surface area (Å²) in [6.45, 7) is 0. The van der Waals surface area contributed by atoms with E-state index in [1.54, 1.807) is 19.3 Å². The highest BCUT2D eigenvalue weighted by atomic mass is 79.9. The molecule has 0 spiro atoms. The number of hydrogen-bond donors (Lipinski definition) is 0. The van der Waals surface area contributed by atoms with Crippen molar-refractivity contribution in [1.29, 1.82) is 0 Å². The number of pyridine rings is 1. The van der Waals surface area contributed by atoms with E-state index in [4.69, 9.17) is 4.84 Å². The van der Waals surface area contributed by atoms with Crippen molar-refractivity contribution < 1.29 is 9.63 Å². The first-order chi connectivity index (χ1) is 6.63. The van der Waals surface area contributed by atoms with E-state index >= 15 is 0 Å². The number of rotatable bonds is 3. The summed E-state index contributed by atoms with van der Waals surface area (Å²) in [5.41, 5.74) is 0.863. The van der Waals surface area contributed by atoms with Crippen LogP contribution < -0.4 is 0 Å². The van der Waals surface area contributed by atoms with E-state index in [2.05, 4.69) is 20.9 Å². The van der Waals surface area contributed by atoms with Gasteiger partial charge in [0.25, 0.3) is 0 Å². The molecule has 0 aromatic carbocycles. The van der Waals surface area contributed by atoms with Gasteiger partial charge in [-0.25, -0.2) is 10.0 Å². The lowest BCUT2D eigenvalue weighted by molar-refractivity contribution is -0.167. The molecule has 0 saturated heterocycles. The molecule has 0 unspecified atom stereocenters. The van der Waals surface area contributed by atoms with Crippen molar-refractivity contribution in [2.45, 2.75) is 6.42 Å². The summed E-state index contributed by atoms with van der Waals surface area (Å²) in [6, 6.07) is 3.65. The van der Waals surface area contributed by atoms with E-state index in [-0.39, 0.29) is 5.91 Å². The summed E-state index contributed by atoms with van der Waals surface area (Å²) in [7, 11) is 3.03. The zero-order chi connectivity index (χ0) is 10.6. The number of hydrogen-bond acceptors (Lipinski definition) is 3. The van der Waals surface area contributed by atoms with Gasteiger partial charge >= 0.3 is 0 Å². The van der Waals surface area contributed by atoms with Gasteiger partial charge in [0.05, 0.1) is 13.5 Å². The standard InChI is InChI=1S/C9H11BrN2O2/c1-12(14-2)9(13)5-7-3-4-8(10)11-6-7/h3-4,6H,5H2,1-2H3. The van der Waals surface area contributed by atoms with Gasteiger partial charge in [-0.15, -0.1) is 0 Å². The first-order valence-electron chi connectivity index (χ1n) is 4.04. The quantitative estimate of drug-likeness (QED) is 0.608. The summed E-state index contributed by atoms with van der Waals surface area (Å²) < 4.78 is 0.758. The summed E-state index contributed by atoms with van der Waals surface area (Å²) in [5.74, 6) is -0.100. The molecule has 1 aromatic heterocycles. The summed E-state index contributed by atoms with van der Waals surface area (Å²) in [6.07, 6.45) is 1.95. The van der Waals surface area contributed by atoms with Crippen LogP contribution in [0.5, 0.6) is 0 Å². The monoisotopic (exact) mass is 258 g/mol. The molecule has 0 aliphatic rings. The molecule has 0 atom stereocenters. The number of carbonyl (C=O) groups excluding carboxylic acids is 1. The molecule has 0 aliphatic carbocycles. The Hall–Kier alpha value is -0.940. The molecule has 0 radical (unpaired) electrons. The lowest BCUT2D eigenvalue weighted by atomic mass is 10.2. The van der Waals surface area contributed by atoms with Gasteiger partial charge in [-0.05, 0) is 27.6 Å². The summed E-state index contributed by atoms with van der Waals surface area (Å²) in [4.78, 5) is 20.2. The molecule has 1 rings (SSSR count). The Labute approximate surface area is 91.0 Å². The molecule has 0 fully saturated rings. The van der Waals surface area contributed by atoms with Gasteiger partial charge in [-0.2, -0.15) is 0 Å². The van der Waals surface area contributed by atoms with E-state index in [0.717, 1.165) is 10.2 Å². The van der Waals surface area contributed by atoms with Crippen LogP contribution in [-0.4, -0.2) is 30.1 Å². The average molecular weight is 259 g/mol. The third-order valence-corrected chi connectivity index (χ3v) is 2.24. The molecule has 0 bridgehead atoms. The van der Waals surface area contributed by atoms with Crippen LogP contribution in [0.15, 0.2) is 22.9 Å².